The first-order chi connectivity index (χ1) is 39.8. The lowest BCUT2D eigenvalue weighted by atomic mass is 9.68. The van der Waals surface area contributed by atoms with E-state index in [1.54, 1.807) is 40.6 Å². The highest BCUT2D eigenvalue weighted by Crippen LogP contribution is 2.54. The standard InChI is InChI=1S/C32H40O9S2.C31H38O7S/c1-32(24-7-9-27(10-8-24)39-22-35-2)21-42-31-20-28(40-23-36-3)15-16-29(31)30(32)6-5-17-37-25-11-13-26(14-12-25)38-18-19-41-43(4,33)34;1-31(23-6-8-26(9-7-23)37-21-33-2)20-39-30-19-27(38-22-34-3)14-15-28(30)29(31)5-4-17-35-24-10-12-25(13-11-24)36-18-16-32/h7-16,20,30H,5-6,17-19,21-23H2,1-4H3;6-15,19,29,32H,4-5,16-18,20-22H2,1-3H3. The van der Waals surface area contributed by atoms with Crippen LogP contribution in [0, 0.1) is 0 Å². The van der Waals surface area contributed by atoms with Gasteiger partial charge in [0.25, 0.3) is 10.1 Å². The number of aliphatic hydroxyl groups is 1. The van der Waals surface area contributed by atoms with Gasteiger partial charge in [0.15, 0.2) is 27.2 Å². The summed E-state index contributed by atoms with van der Waals surface area (Å²) in [5.74, 6) is 8.52. The summed E-state index contributed by atoms with van der Waals surface area (Å²) in [5.41, 5.74) is 5.02. The van der Waals surface area contributed by atoms with E-state index in [2.05, 4.69) is 62.4 Å². The topological polar surface area (TPSA) is 174 Å². The lowest BCUT2D eigenvalue weighted by Crippen LogP contribution is -2.36. The third-order valence-corrected chi connectivity index (χ3v) is 17.6. The van der Waals surface area contributed by atoms with Crippen molar-refractivity contribution in [3.63, 3.8) is 0 Å². The van der Waals surface area contributed by atoms with Gasteiger partial charge in [-0.25, -0.2) is 0 Å². The predicted molar refractivity (Wildman–Crippen MR) is 319 cm³/mol. The van der Waals surface area contributed by atoms with Gasteiger partial charge in [0.05, 0.1) is 26.1 Å². The van der Waals surface area contributed by atoms with Crippen molar-refractivity contribution in [3.8, 4) is 46.0 Å². The molecule has 0 spiro atoms. The molecule has 0 amide bonds. The first-order valence-corrected chi connectivity index (χ1v) is 31.0. The van der Waals surface area contributed by atoms with Gasteiger partial charge in [0.2, 0.25) is 0 Å². The fourth-order valence-electron chi connectivity index (χ4n) is 9.99. The minimum atomic E-state index is -3.48. The molecule has 0 saturated carbocycles. The van der Waals surface area contributed by atoms with E-state index in [9.17, 15) is 8.42 Å². The molecule has 444 valence electrons. The maximum absolute atomic E-state index is 11.1. The van der Waals surface area contributed by atoms with Crippen molar-refractivity contribution in [2.24, 2.45) is 0 Å². The van der Waals surface area contributed by atoms with Gasteiger partial charge in [0, 0.05) is 60.6 Å². The molecule has 0 fully saturated rings. The SMILES string of the molecule is COCOc1ccc(C2(C)CSc3cc(OCOC)ccc3C2CCCOc2ccc(OCCO)cc2)cc1.COCOc1ccc(C2(C)CSc3cc(OCOC)ccc3C2CCCOc2ccc(OCCOS(C)(=O)=O)cc2)cc1. The molecule has 6 aromatic rings. The molecule has 2 aliphatic rings. The third-order valence-electron chi connectivity index (χ3n) is 14.2. The second-order valence-electron chi connectivity index (χ2n) is 20.0. The average molecular weight is 1190 g/mol. The minimum Gasteiger partial charge on any atom is -0.494 e. The summed E-state index contributed by atoms with van der Waals surface area (Å²) >= 11 is 3.72. The Morgan fingerprint density at radius 3 is 1.11 bits per heavy atom. The number of fused-ring (bicyclic) bond motifs is 2. The number of hydrogen-bond donors (Lipinski definition) is 1. The summed E-state index contributed by atoms with van der Waals surface area (Å²) in [5, 5.41) is 8.92. The number of methoxy groups -OCH3 is 4. The molecule has 6 aromatic carbocycles. The molecule has 0 aliphatic carbocycles. The number of ether oxygens (including phenoxy) is 12. The van der Waals surface area contributed by atoms with E-state index in [1.807, 2.05) is 96.3 Å². The zero-order chi connectivity index (χ0) is 58.2. The third kappa shape index (κ3) is 18.6. The molecule has 4 atom stereocenters. The van der Waals surface area contributed by atoms with Crippen molar-refractivity contribution in [1.82, 2.24) is 0 Å². The number of hydrogen-bond acceptors (Lipinski definition) is 18. The lowest BCUT2D eigenvalue weighted by molar-refractivity contribution is 0.0507. The summed E-state index contributed by atoms with van der Waals surface area (Å²) < 4.78 is 92.8. The van der Waals surface area contributed by atoms with E-state index in [0.717, 1.165) is 83.7 Å². The van der Waals surface area contributed by atoms with Crippen molar-refractivity contribution in [2.75, 3.05) is 113 Å². The fraction of sp³-hybridized carbons (Fsp3) is 0.429. The van der Waals surface area contributed by atoms with Crippen LogP contribution in [0.2, 0.25) is 0 Å². The fourth-order valence-corrected chi connectivity index (χ4v) is 13.2. The number of thioether (sulfide) groups is 2. The van der Waals surface area contributed by atoms with E-state index in [1.165, 1.54) is 32.0 Å². The summed E-state index contributed by atoms with van der Waals surface area (Å²) in [7, 11) is 2.99. The first kappa shape index (κ1) is 63.7. The Bertz CT molecular complexity index is 2950. The molecule has 2 aliphatic heterocycles. The van der Waals surface area contributed by atoms with Crippen LogP contribution in [0.5, 0.6) is 46.0 Å². The second-order valence-corrected chi connectivity index (χ2v) is 23.7. The van der Waals surface area contributed by atoms with Gasteiger partial charge in [0.1, 0.15) is 65.8 Å². The van der Waals surface area contributed by atoms with E-state index in [0.29, 0.717) is 24.9 Å². The van der Waals surface area contributed by atoms with Crippen LogP contribution < -0.4 is 37.9 Å². The Labute approximate surface area is 492 Å². The van der Waals surface area contributed by atoms with Gasteiger partial charge in [-0.2, -0.15) is 8.42 Å². The normalized spacial score (nSPS) is 18.2. The number of rotatable bonds is 32. The van der Waals surface area contributed by atoms with Gasteiger partial charge in [-0.05, 0) is 157 Å². The largest absolute Gasteiger partial charge is 0.494 e. The first-order valence-electron chi connectivity index (χ1n) is 27.2. The van der Waals surface area contributed by atoms with Gasteiger partial charge in [-0.3, -0.25) is 4.18 Å². The van der Waals surface area contributed by atoms with Gasteiger partial charge < -0.3 is 61.9 Å². The van der Waals surface area contributed by atoms with Gasteiger partial charge >= 0.3 is 0 Å². The zero-order valence-electron chi connectivity index (χ0n) is 48.0. The summed E-state index contributed by atoms with van der Waals surface area (Å²) in [6.07, 6.45) is 4.69. The molecule has 19 heteroatoms. The van der Waals surface area contributed by atoms with Crippen molar-refractivity contribution >= 4 is 33.6 Å². The van der Waals surface area contributed by atoms with Crippen molar-refractivity contribution in [1.29, 1.82) is 0 Å². The van der Waals surface area contributed by atoms with Crippen LogP contribution in [-0.4, -0.2) is 127 Å². The maximum Gasteiger partial charge on any atom is 0.264 e. The predicted octanol–water partition coefficient (Wildman–Crippen LogP) is 12.0. The molecule has 82 heavy (non-hydrogen) atoms. The van der Waals surface area contributed by atoms with Crippen LogP contribution in [0.3, 0.4) is 0 Å². The van der Waals surface area contributed by atoms with E-state index in [-0.39, 0.29) is 70.3 Å². The maximum atomic E-state index is 11.1. The molecular formula is C63H78O16S3. The van der Waals surface area contributed by atoms with E-state index >= 15 is 0 Å². The van der Waals surface area contributed by atoms with Crippen molar-refractivity contribution in [2.45, 2.75) is 72.0 Å². The smallest absolute Gasteiger partial charge is 0.264 e. The molecule has 0 saturated heterocycles. The Kier molecular flexibility index (Phi) is 25.1. The summed E-state index contributed by atoms with van der Waals surface area (Å²) in [6, 6.07) is 44.2. The summed E-state index contributed by atoms with van der Waals surface area (Å²) in [6.45, 7) is 7.15. The molecule has 2 heterocycles. The molecule has 0 radical (unpaired) electrons. The Balaban J connectivity index is 0.000000237. The molecule has 8 rings (SSSR count). The highest BCUT2D eigenvalue weighted by Gasteiger charge is 2.43. The molecule has 0 aromatic heterocycles. The number of aliphatic hydroxyl groups excluding tert-OH is 1. The lowest BCUT2D eigenvalue weighted by Gasteiger charge is -2.43. The van der Waals surface area contributed by atoms with Gasteiger partial charge in [-0.1, -0.05) is 50.2 Å². The minimum absolute atomic E-state index is 0.00674. The number of benzene rings is 6. The van der Waals surface area contributed by atoms with Crippen LogP contribution in [-0.2, 0) is 44.1 Å². The molecular weight excluding hydrogens is 1110 g/mol. The Hall–Kier alpha value is -5.87. The quantitative estimate of drug-likeness (QED) is 0.0240. The summed E-state index contributed by atoms with van der Waals surface area (Å²) in [4.78, 5) is 2.49. The Morgan fingerprint density at radius 2 is 0.756 bits per heavy atom. The molecule has 16 nitrogen and oxygen atoms in total. The molecule has 4 unspecified atom stereocenters. The monoisotopic (exact) mass is 1190 g/mol. The highest BCUT2D eigenvalue weighted by molar-refractivity contribution is 7.99. The molecule has 1 N–H and O–H groups in total. The van der Waals surface area contributed by atoms with Crippen molar-refractivity contribution in [3.05, 3.63) is 156 Å². The van der Waals surface area contributed by atoms with Crippen LogP contribution in [0.25, 0.3) is 0 Å². The Morgan fingerprint density at radius 1 is 0.439 bits per heavy atom. The molecule has 0 bridgehead atoms. The van der Waals surface area contributed by atoms with Crippen LogP contribution in [0.1, 0.15) is 73.6 Å². The van der Waals surface area contributed by atoms with Crippen LogP contribution >= 0.6 is 23.5 Å². The van der Waals surface area contributed by atoms with Crippen LogP contribution in [0.4, 0.5) is 0 Å². The van der Waals surface area contributed by atoms with E-state index in [4.69, 9.17) is 66.1 Å². The highest BCUT2D eigenvalue weighted by atomic mass is 32.2. The average Bonchev–Trinajstić information content (AvgIpc) is 3.43. The van der Waals surface area contributed by atoms with Crippen LogP contribution in [0.15, 0.2) is 143 Å². The second kappa shape index (κ2) is 32.3. The van der Waals surface area contributed by atoms with Crippen molar-refractivity contribution < 1.29 is 74.5 Å². The van der Waals surface area contributed by atoms with E-state index < -0.39 is 10.1 Å². The van der Waals surface area contributed by atoms with Gasteiger partial charge in [-0.15, -0.1) is 23.5 Å². The zero-order valence-corrected chi connectivity index (χ0v) is 50.4.